The minimum atomic E-state index is -0.0736. The van der Waals surface area contributed by atoms with Gasteiger partial charge in [0, 0.05) is 38.2 Å². The molecular weight excluding hydrogens is 388 g/mol. The minimum absolute atomic E-state index is 0.0694. The van der Waals surface area contributed by atoms with E-state index in [-0.39, 0.29) is 17.9 Å². The van der Waals surface area contributed by atoms with Crippen LogP contribution in [0.3, 0.4) is 0 Å². The molecule has 8 nitrogen and oxygen atoms in total. The minimum Gasteiger partial charge on any atom is -0.493 e. The van der Waals surface area contributed by atoms with Crippen LogP contribution in [0.2, 0.25) is 0 Å². The SMILES string of the molecule is COc1cc(C(=O)N2CCC(CC(=O)NC[C@@H]3CCCO3)CC2)cc(OC)c1OC. The number of piperidine rings is 1. The van der Waals surface area contributed by atoms with Gasteiger partial charge in [0.05, 0.1) is 27.4 Å². The van der Waals surface area contributed by atoms with Gasteiger partial charge in [-0.1, -0.05) is 0 Å². The number of rotatable bonds is 8. The smallest absolute Gasteiger partial charge is 0.254 e. The molecule has 2 aliphatic rings. The van der Waals surface area contributed by atoms with E-state index < -0.39 is 0 Å². The van der Waals surface area contributed by atoms with Gasteiger partial charge in [-0.2, -0.15) is 0 Å². The first-order chi connectivity index (χ1) is 14.5. The molecule has 30 heavy (non-hydrogen) atoms. The Morgan fingerprint density at radius 1 is 1.07 bits per heavy atom. The number of amides is 2. The monoisotopic (exact) mass is 420 g/mol. The zero-order valence-corrected chi connectivity index (χ0v) is 18.1. The normalized spacial score (nSPS) is 19.4. The lowest BCUT2D eigenvalue weighted by Crippen LogP contribution is -2.40. The van der Waals surface area contributed by atoms with E-state index >= 15 is 0 Å². The molecule has 0 spiro atoms. The molecule has 8 heteroatoms. The Balaban J connectivity index is 1.52. The molecule has 2 heterocycles. The molecule has 0 saturated carbocycles. The van der Waals surface area contributed by atoms with Crippen molar-refractivity contribution in [3.63, 3.8) is 0 Å². The second kappa shape index (κ2) is 10.5. The Bertz CT molecular complexity index is 714. The maximum Gasteiger partial charge on any atom is 0.254 e. The van der Waals surface area contributed by atoms with Crippen LogP contribution in [-0.2, 0) is 9.53 Å². The maximum atomic E-state index is 13.0. The molecule has 2 fully saturated rings. The van der Waals surface area contributed by atoms with E-state index in [1.54, 1.807) is 12.1 Å². The van der Waals surface area contributed by atoms with Crippen molar-refractivity contribution < 1.29 is 28.5 Å². The molecule has 1 aromatic rings. The molecule has 1 N–H and O–H groups in total. The third-order valence-corrected chi connectivity index (χ3v) is 5.84. The number of benzene rings is 1. The molecule has 0 aliphatic carbocycles. The largest absolute Gasteiger partial charge is 0.493 e. The molecule has 1 aromatic carbocycles. The molecule has 3 rings (SSSR count). The van der Waals surface area contributed by atoms with Gasteiger partial charge in [-0.05, 0) is 43.7 Å². The van der Waals surface area contributed by atoms with Crippen molar-refractivity contribution in [3.8, 4) is 17.2 Å². The van der Waals surface area contributed by atoms with Gasteiger partial charge in [0.2, 0.25) is 11.7 Å². The second-order valence-corrected chi connectivity index (χ2v) is 7.79. The Hall–Kier alpha value is -2.48. The summed E-state index contributed by atoms with van der Waals surface area (Å²) in [5.41, 5.74) is 0.497. The van der Waals surface area contributed by atoms with Crippen molar-refractivity contribution in [2.45, 2.75) is 38.2 Å². The van der Waals surface area contributed by atoms with Crippen molar-refractivity contribution in [1.29, 1.82) is 0 Å². The van der Waals surface area contributed by atoms with Crippen LogP contribution in [0.25, 0.3) is 0 Å². The molecule has 0 aromatic heterocycles. The number of nitrogens with zero attached hydrogens (tertiary/aromatic N) is 1. The molecule has 2 aliphatic heterocycles. The van der Waals surface area contributed by atoms with Crippen LogP contribution in [0.15, 0.2) is 12.1 Å². The molecular formula is C22H32N2O6. The topological polar surface area (TPSA) is 86.3 Å². The summed E-state index contributed by atoms with van der Waals surface area (Å²) in [6, 6.07) is 3.35. The highest BCUT2D eigenvalue weighted by Crippen LogP contribution is 2.38. The van der Waals surface area contributed by atoms with Crippen LogP contribution >= 0.6 is 0 Å². The van der Waals surface area contributed by atoms with E-state index in [0.29, 0.717) is 54.8 Å². The van der Waals surface area contributed by atoms with Gasteiger partial charge in [0.25, 0.3) is 5.91 Å². The molecule has 2 amide bonds. The molecule has 1 atom stereocenters. The van der Waals surface area contributed by atoms with Crippen LogP contribution in [0.4, 0.5) is 0 Å². The first kappa shape index (κ1) is 22.2. The molecule has 166 valence electrons. The van der Waals surface area contributed by atoms with Crippen LogP contribution in [0.1, 0.15) is 42.5 Å². The van der Waals surface area contributed by atoms with Gasteiger partial charge in [-0.25, -0.2) is 0 Å². The van der Waals surface area contributed by atoms with E-state index in [2.05, 4.69) is 5.32 Å². The van der Waals surface area contributed by atoms with Gasteiger partial charge in [0.15, 0.2) is 11.5 Å². The first-order valence-corrected chi connectivity index (χ1v) is 10.5. The summed E-state index contributed by atoms with van der Waals surface area (Å²) in [7, 11) is 4.59. The zero-order valence-electron chi connectivity index (χ0n) is 18.1. The van der Waals surface area contributed by atoms with Gasteiger partial charge >= 0.3 is 0 Å². The Kier molecular flexibility index (Phi) is 7.79. The lowest BCUT2D eigenvalue weighted by Gasteiger charge is -2.32. The van der Waals surface area contributed by atoms with Crippen molar-refractivity contribution in [2.24, 2.45) is 5.92 Å². The van der Waals surface area contributed by atoms with Crippen LogP contribution in [-0.4, -0.2) is 70.4 Å². The zero-order chi connectivity index (χ0) is 21.5. The third kappa shape index (κ3) is 5.36. The van der Waals surface area contributed by atoms with Crippen molar-refractivity contribution in [2.75, 3.05) is 47.6 Å². The van der Waals surface area contributed by atoms with Crippen LogP contribution in [0, 0.1) is 5.92 Å². The number of carbonyl (C=O) groups is 2. The highest BCUT2D eigenvalue weighted by Gasteiger charge is 2.27. The number of hydrogen-bond acceptors (Lipinski definition) is 6. The highest BCUT2D eigenvalue weighted by molar-refractivity contribution is 5.95. The summed E-state index contributed by atoms with van der Waals surface area (Å²) in [4.78, 5) is 27.0. The van der Waals surface area contributed by atoms with E-state index in [0.717, 1.165) is 32.3 Å². The summed E-state index contributed by atoms with van der Waals surface area (Å²) in [5, 5.41) is 2.98. The van der Waals surface area contributed by atoms with E-state index in [9.17, 15) is 9.59 Å². The second-order valence-electron chi connectivity index (χ2n) is 7.79. The summed E-state index contributed by atoms with van der Waals surface area (Å²) in [6.45, 7) is 2.63. The average Bonchev–Trinajstić information content (AvgIpc) is 3.30. The number of likely N-dealkylation sites (tertiary alicyclic amines) is 1. The molecule has 2 saturated heterocycles. The Morgan fingerprint density at radius 3 is 2.27 bits per heavy atom. The molecule has 0 bridgehead atoms. The quantitative estimate of drug-likeness (QED) is 0.694. The standard InChI is InChI=1S/C22H32N2O6/c1-27-18-12-16(13-19(28-2)21(18)29-3)22(26)24-8-6-15(7-9-24)11-20(25)23-14-17-5-4-10-30-17/h12-13,15,17H,4-11,14H2,1-3H3,(H,23,25)/t17-/m0/s1. The number of nitrogens with one attached hydrogen (secondary N) is 1. The predicted octanol–water partition coefficient (Wildman–Crippen LogP) is 2.25. The average molecular weight is 421 g/mol. The molecule has 0 unspecified atom stereocenters. The van der Waals surface area contributed by atoms with Crippen molar-refractivity contribution in [3.05, 3.63) is 17.7 Å². The van der Waals surface area contributed by atoms with Crippen molar-refractivity contribution >= 4 is 11.8 Å². The third-order valence-electron chi connectivity index (χ3n) is 5.84. The summed E-state index contributed by atoms with van der Waals surface area (Å²) in [6.07, 6.45) is 4.36. The first-order valence-electron chi connectivity index (χ1n) is 10.5. The van der Waals surface area contributed by atoms with E-state index in [4.69, 9.17) is 18.9 Å². The fraction of sp³-hybridized carbons (Fsp3) is 0.636. The summed E-state index contributed by atoms with van der Waals surface area (Å²) in [5.74, 6) is 1.66. The fourth-order valence-corrected chi connectivity index (χ4v) is 4.09. The van der Waals surface area contributed by atoms with Gasteiger partial charge in [0.1, 0.15) is 0 Å². The maximum absolute atomic E-state index is 13.0. The van der Waals surface area contributed by atoms with Crippen molar-refractivity contribution in [1.82, 2.24) is 10.2 Å². The Morgan fingerprint density at radius 2 is 1.73 bits per heavy atom. The number of ether oxygens (including phenoxy) is 4. The Labute approximate surface area is 177 Å². The number of carbonyl (C=O) groups excluding carboxylic acids is 2. The lowest BCUT2D eigenvalue weighted by atomic mass is 9.92. The highest BCUT2D eigenvalue weighted by atomic mass is 16.5. The summed E-state index contributed by atoms with van der Waals surface area (Å²) >= 11 is 0. The number of hydrogen-bond donors (Lipinski definition) is 1. The van der Waals surface area contributed by atoms with Gasteiger partial charge in [-0.15, -0.1) is 0 Å². The van der Waals surface area contributed by atoms with Crippen LogP contribution in [0.5, 0.6) is 17.2 Å². The lowest BCUT2D eigenvalue weighted by molar-refractivity contribution is -0.122. The summed E-state index contributed by atoms with van der Waals surface area (Å²) < 4.78 is 21.6. The van der Waals surface area contributed by atoms with E-state index in [1.807, 2.05) is 4.90 Å². The van der Waals surface area contributed by atoms with Gasteiger partial charge in [-0.3, -0.25) is 9.59 Å². The fourth-order valence-electron chi connectivity index (χ4n) is 4.09. The number of methoxy groups -OCH3 is 3. The predicted molar refractivity (Wildman–Crippen MR) is 111 cm³/mol. The molecule has 0 radical (unpaired) electrons. The van der Waals surface area contributed by atoms with Gasteiger partial charge < -0.3 is 29.2 Å². The van der Waals surface area contributed by atoms with Crippen LogP contribution < -0.4 is 19.5 Å². The van der Waals surface area contributed by atoms with E-state index in [1.165, 1.54) is 21.3 Å².